The number of aromatic nitrogens is 4. The number of fused-ring (bicyclic) bond motifs is 1. The van der Waals surface area contributed by atoms with Crippen LogP contribution in [0.2, 0.25) is 0 Å². The molecule has 0 aliphatic carbocycles. The van der Waals surface area contributed by atoms with Crippen molar-refractivity contribution >= 4 is 74.9 Å². The maximum atomic E-state index is 12.7. The van der Waals surface area contributed by atoms with Gasteiger partial charge in [-0.05, 0) is 0 Å². The number of imidazole rings is 1. The maximum absolute atomic E-state index is 12.7. The highest BCUT2D eigenvalue weighted by atomic mass is 32.2. The van der Waals surface area contributed by atoms with Crippen molar-refractivity contribution in [2.75, 3.05) is 37.8 Å². The van der Waals surface area contributed by atoms with Gasteiger partial charge >= 0.3 is 23.5 Å². The Bertz CT molecular complexity index is 2110. The molecule has 2 aromatic heterocycles. The molecule has 0 bridgehead atoms. The highest BCUT2D eigenvalue weighted by Crippen LogP contribution is 2.61. The molecule has 1 aliphatic rings. The highest BCUT2D eigenvalue weighted by molar-refractivity contribution is 8.15. The normalized spacial score (nSPS) is 21.2. The van der Waals surface area contributed by atoms with E-state index in [4.69, 9.17) is 19.5 Å². The van der Waals surface area contributed by atoms with Crippen molar-refractivity contribution in [1.82, 2.24) is 30.2 Å². The molecule has 7 atom stereocenters. The lowest BCUT2D eigenvalue weighted by molar-refractivity contribution is -0.137. The van der Waals surface area contributed by atoms with E-state index in [9.17, 15) is 62.7 Å². The molecule has 2 amide bonds. The van der Waals surface area contributed by atoms with E-state index in [1.165, 1.54) is 26.0 Å². The van der Waals surface area contributed by atoms with E-state index in [-0.39, 0.29) is 47.8 Å². The molecule has 29 heteroatoms. The summed E-state index contributed by atoms with van der Waals surface area (Å²) < 4.78 is 62.1. The van der Waals surface area contributed by atoms with Gasteiger partial charge in [0.2, 0.25) is 17.6 Å². The van der Waals surface area contributed by atoms with Gasteiger partial charge in [-0.1, -0.05) is 55.9 Å². The summed E-state index contributed by atoms with van der Waals surface area (Å²) in [4.78, 5) is 99.8. The van der Waals surface area contributed by atoms with Crippen molar-refractivity contribution < 1.29 is 85.3 Å². The Morgan fingerprint density at radius 2 is 1.67 bits per heavy atom. The number of phosphoric ester groups is 3. The quantitative estimate of drug-likeness (QED) is 0.0283. The Morgan fingerprint density at radius 3 is 2.34 bits per heavy atom. The Kier molecular flexibility index (Phi) is 16.0. The first-order chi connectivity index (χ1) is 27.0. The second-order valence-electron chi connectivity index (χ2n) is 12.9. The van der Waals surface area contributed by atoms with Crippen molar-refractivity contribution in [1.29, 1.82) is 0 Å². The number of Topliss-reactive ketones (excluding diaryl/α,β-unsaturated/α-hetero) is 1. The summed E-state index contributed by atoms with van der Waals surface area (Å²) in [6.45, 7) is 0.174. The number of nitrogens with two attached hydrogens (primary N) is 1. The number of nitrogens with zero attached hydrogens (tertiary/aromatic N) is 4. The second-order valence-corrected chi connectivity index (χ2v) is 18.2. The number of aliphatic hydroxyl groups is 2. The van der Waals surface area contributed by atoms with Crippen LogP contribution in [0.15, 0.2) is 43.0 Å². The van der Waals surface area contributed by atoms with Crippen LogP contribution in [0.5, 0.6) is 0 Å². The Balaban J connectivity index is 1.22. The van der Waals surface area contributed by atoms with E-state index in [0.717, 1.165) is 29.0 Å². The van der Waals surface area contributed by atoms with Crippen molar-refractivity contribution in [3.63, 3.8) is 0 Å². The Hall–Kier alpha value is -3.55. The molecule has 3 aromatic rings. The number of rotatable bonds is 21. The van der Waals surface area contributed by atoms with Crippen LogP contribution in [-0.4, -0.2) is 128 Å². The van der Waals surface area contributed by atoms with Crippen LogP contribution in [-0.2, 0) is 50.7 Å². The molecule has 1 saturated heterocycles. The zero-order valence-electron chi connectivity index (χ0n) is 30.4. The summed E-state index contributed by atoms with van der Waals surface area (Å²) >= 11 is 0.724. The number of hydrogen-bond acceptors (Lipinski definition) is 19. The fourth-order valence-electron chi connectivity index (χ4n) is 5.05. The van der Waals surface area contributed by atoms with Crippen LogP contribution in [0, 0.1) is 5.41 Å². The molecule has 3 unspecified atom stereocenters. The number of nitrogens with one attached hydrogen (secondary N) is 2. The molecule has 25 nitrogen and oxygen atoms in total. The lowest BCUT2D eigenvalue weighted by atomic mass is 9.87. The second kappa shape index (κ2) is 19.7. The molecule has 3 heterocycles. The van der Waals surface area contributed by atoms with E-state index in [1.807, 2.05) is 0 Å². The number of thioether (sulfide) groups is 1. The Labute approximate surface area is 332 Å². The van der Waals surface area contributed by atoms with Gasteiger partial charge in [0.05, 0.1) is 19.5 Å². The summed E-state index contributed by atoms with van der Waals surface area (Å²) in [6.07, 6.45) is -7.09. The number of aliphatic hydroxyl groups excluding tert-OH is 2. The molecule has 0 saturated carbocycles. The molecule has 320 valence electrons. The van der Waals surface area contributed by atoms with E-state index in [0.29, 0.717) is 0 Å². The standard InChI is InChI=1S/C29H40N7O18P3S/c1-29(2,23(40)26(41)32-9-8-18(37)31-10-11-58-28(42)20(38)16-6-4-3-5-7-16)13-51-57(48,49)54-56(46,47)50-12-17-22(53-55(43,44)45)21(39)27(52-17)36-15-35-19-24(30)33-14-34-25(19)36/h3-7,14-15,17,21-23,27,39-40H,8-13H2,1-2H3,(H,31,37)(H,32,41)(H,46,47)(H,48,49)(H2,30,33,34)(H2,43,44,45)/t17-,21-,22-,23?,27-/m1/s1. The molecule has 1 aliphatic heterocycles. The lowest BCUT2D eigenvalue weighted by Gasteiger charge is -2.30. The SMILES string of the molecule is CC(C)(COP(=O)(O)OP(=O)(O)OC[C@H]1O[C@@H](n2cnc3c(N)ncnc32)[C@H](O)[C@@H]1OP(=O)(O)O)C(O)C(=O)NCCC(=O)NCCSC(=O)C(=O)c1ccccc1. The first-order valence-corrected chi connectivity index (χ1v) is 22.2. The van der Waals surface area contributed by atoms with E-state index >= 15 is 0 Å². The smallest absolute Gasteiger partial charge is 0.386 e. The van der Waals surface area contributed by atoms with Gasteiger partial charge in [-0.25, -0.2) is 28.6 Å². The molecular formula is C29H40N7O18P3S. The van der Waals surface area contributed by atoms with Gasteiger partial charge in [0.25, 0.3) is 5.12 Å². The molecule has 1 fully saturated rings. The zero-order valence-corrected chi connectivity index (χ0v) is 33.9. The molecule has 1 aromatic carbocycles. The van der Waals surface area contributed by atoms with Crippen LogP contribution in [0.4, 0.5) is 5.82 Å². The summed E-state index contributed by atoms with van der Waals surface area (Å²) in [5.41, 5.74) is 4.44. The molecule has 4 rings (SSSR count). The Morgan fingerprint density at radius 1 is 1.00 bits per heavy atom. The number of ether oxygens (including phenoxy) is 1. The molecular weight excluding hydrogens is 859 g/mol. The first kappa shape index (κ1) is 47.1. The molecule has 0 radical (unpaired) electrons. The topological polar surface area (TPSA) is 381 Å². The third-order valence-corrected chi connectivity index (χ3v) is 11.9. The highest BCUT2D eigenvalue weighted by Gasteiger charge is 2.50. The van der Waals surface area contributed by atoms with Crippen LogP contribution >= 0.6 is 35.2 Å². The van der Waals surface area contributed by atoms with E-state index < -0.39 is 95.5 Å². The van der Waals surface area contributed by atoms with Crippen molar-refractivity contribution in [3.05, 3.63) is 48.5 Å². The van der Waals surface area contributed by atoms with Gasteiger partial charge in [0.1, 0.15) is 36.3 Å². The summed E-state index contributed by atoms with van der Waals surface area (Å²) in [6, 6.07) is 7.93. The van der Waals surface area contributed by atoms with Crippen LogP contribution in [0.1, 0.15) is 36.9 Å². The van der Waals surface area contributed by atoms with Gasteiger partial charge in [-0.3, -0.25) is 37.3 Å². The summed E-state index contributed by atoms with van der Waals surface area (Å²) in [5.74, 6) is -2.17. The monoisotopic (exact) mass is 899 g/mol. The number of carbonyl (C=O) groups is 4. The number of hydrogen-bond donors (Lipinski definition) is 9. The number of ketones is 1. The average Bonchev–Trinajstić information content (AvgIpc) is 3.71. The predicted molar refractivity (Wildman–Crippen MR) is 198 cm³/mol. The summed E-state index contributed by atoms with van der Waals surface area (Å²) in [5, 5.41) is 25.6. The van der Waals surface area contributed by atoms with Crippen LogP contribution in [0.3, 0.4) is 0 Å². The number of amides is 2. The van der Waals surface area contributed by atoms with Gasteiger partial charge in [-0.15, -0.1) is 0 Å². The minimum Gasteiger partial charge on any atom is -0.386 e. The summed E-state index contributed by atoms with van der Waals surface area (Å²) in [7, 11) is -16.4. The number of benzene rings is 1. The lowest BCUT2D eigenvalue weighted by Crippen LogP contribution is -2.46. The minimum absolute atomic E-state index is 0.0215. The third-order valence-electron chi connectivity index (χ3n) is 7.96. The van der Waals surface area contributed by atoms with Crippen LogP contribution < -0.4 is 16.4 Å². The molecule has 10 N–H and O–H groups in total. The maximum Gasteiger partial charge on any atom is 0.481 e. The van der Waals surface area contributed by atoms with Gasteiger partial charge in [0.15, 0.2) is 17.7 Å². The zero-order chi connectivity index (χ0) is 43.1. The molecule has 58 heavy (non-hydrogen) atoms. The molecule has 0 spiro atoms. The fraction of sp³-hybridized carbons (Fsp3) is 0.483. The number of carbonyl (C=O) groups excluding carboxylic acids is 4. The number of phosphoric acid groups is 3. The third kappa shape index (κ3) is 13.2. The number of nitrogen functional groups attached to an aromatic ring is 1. The first-order valence-electron chi connectivity index (χ1n) is 16.7. The predicted octanol–water partition coefficient (Wildman–Crippen LogP) is -0.452. The van der Waals surface area contributed by atoms with Gasteiger partial charge < -0.3 is 50.9 Å². The van der Waals surface area contributed by atoms with E-state index in [2.05, 4.69) is 34.4 Å². The largest absolute Gasteiger partial charge is 0.481 e. The van der Waals surface area contributed by atoms with Crippen LogP contribution in [0.25, 0.3) is 11.2 Å². The fourth-order valence-corrected chi connectivity index (χ4v) is 8.51. The van der Waals surface area contributed by atoms with Crippen molar-refractivity contribution in [3.8, 4) is 0 Å². The number of anilines is 1. The van der Waals surface area contributed by atoms with Crippen molar-refractivity contribution in [2.24, 2.45) is 5.41 Å². The van der Waals surface area contributed by atoms with E-state index in [1.54, 1.807) is 18.2 Å². The van der Waals surface area contributed by atoms with Gasteiger partial charge in [-0.2, -0.15) is 4.31 Å². The minimum atomic E-state index is -5.59. The average molecular weight is 900 g/mol. The van der Waals surface area contributed by atoms with Gasteiger partial charge in [0, 0.05) is 36.2 Å². The van der Waals surface area contributed by atoms with Crippen molar-refractivity contribution in [2.45, 2.75) is 50.9 Å².